The summed E-state index contributed by atoms with van der Waals surface area (Å²) in [5.41, 5.74) is 3.64. The quantitative estimate of drug-likeness (QED) is 0.374. The summed E-state index contributed by atoms with van der Waals surface area (Å²) < 4.78 is 6.27. The van der Waals surface area contributed by atoms with Gasteiger partial charge in [-0.3, -0.25) is 0 Å². The Morgan fingerprint density at radius 3 is 2.00 bits per heavy atom. The molecule has 1 saturated carbocycles. The zero-order valence-corrected chi connectivity index (χ0v) is 18.7. The van der Waals surface area contributed by atoms with E-state index < -0.39 is 5.60 Å². The SMILES string of the molecule is COC(c1ccccc1)(c1ccccc1)C(C)CNCCC=C1CCCCC1.Cl. The van der Waals surface area contributed by atoms with Crippen molar-refractivity contribution in [1.82, 2.24) is 5.32 Å². The number of halogens is 1. The minimum atomic E-state index is -0.447. The third-order valence-electron chi connectivity index (χ3n) is 6.12. The Morgan fingerprint density at radius 1 is 0.931 bits per heavy atom. The van der Waals surface area contributed by atoms with E-state index >= 15 is 0 Å². The van der Waals surface area contributed by atoms with Gasteiger partial charge in [-0.05, 0) is 49.8 Å². The van der Waals surface area contributed by atoms with Crippen LogP contribution in [0.5, 0.6) is 0 Å². The molecule has 0 amide bonds. The van der Waals surface area contributed by atoms with Crippen molar-refractivity contribution in [2.24, 2.45) is 5.92 Å². The monoisotopic (exact) mass is 413 g/mol. The number of methoxy groups -OCH3 is 1. The molecule has 1 aliphatic rings. The van der Waals surface area contributed by atoms with Crippen LogP contribution in [0.3, 0.4) is 0 Å². The second-order valence-corrected chi connectivity index (χ2v) is 7.99. The molecule has 0 radical (unpaired) electrons. The molecule has 3 heteroatoms. The van der Waals surface area contributed by atoms with Crippen LogP contribution in [0.4, 0.5) is 0 Å². The summed E-state index contributed by atoms with van der Waals surface area (Å²) in [5, 5.41) is 3.68. The fourth-order valence-corrected chi connectivity index (χ4v) is 4.59. The van der Waals surface area contributed by atoms with Gasteiger partial charge in [0, 0.05) is 19.6 Å². The van der Waals surface area contributed by atoms with E-state index in [1.807, 2.05) is 7.11 Å². The van der Waals surface area contributed by atoms with Crippen LogP contribution in [0.15, 0.2) is 72.3 Å². The van der Waals surface area contributed by atoms with Gasteiger partial charge in [-0.1, -0.05) is 85.7 Å². The summed E-state index contributed by atoms with van der Waals surface area (Å²) >= 11 is 0. The Morgan fingerprint density at radius 2 is 1.48 bits per heavy atom. The number of nitrogens with one attached hydrogen (secondary N) is 1. The molecule has 1 unspecified atom stereocenters. The van der Waals surface area contributed by atoms with Crippen LogP contribution in [-0.4, -0.2) is 20.2 Å². The lowest BCUT2D eigenvalue weighted by molar-refractivity contribution is -0.0230. The maximum Gasteiger partial charge on any atom is 0.121 e. The molecule has 0 heterocycles. The standard InChI is InChI=1S/C26H35NO.ClH/c1-22(21-27-20-12-15-23-13-6-3-7-14-23)26(28-2,24-16-8-4-9-17-24)25-18-10-5-11-19-25;/h4-5,8-11,15-19,22,27H,3,6-7,12-14,20-21H2,1-2H3;1H. The van der Waals surface area contributed by atoms with Crippen LogP contribution in [0, 0.1) is 5.92 Å². The summed E-state index contributed by atoms with van der Waals surface area (Å²) in [6, 6.07) is 21.3. The Balaban J connectivity index is 0.00000300. The number of hydrogen-bond acceptors (Lipinski definition) is 2. The first-order chi connectivity index (χ1) is 13.8. The first kappa shape index (κ1) is 23.7. The highest BCUT2D eigenvalue weighted by Crippen LogP contribution is 2.39. The average molecular weight is 414 g/mol. The number of ether oxygens (including phenoxy) is 1. The topological polar surface area (TPSA) is 21.3 Å². The van der Waals surface area contributed by atoms with E-state index in [2.05, 4.69) is 79.0 Å². The van der Waals surface area contributed by atoms with Crippen molar-refractivity contribution >= 4 is 12.4 Å². The van der Waals surface area contributed by atoms with Gasteiger partial charge in [0.15, 0.2) is 0 Å². The first-order valence-corrected chi connectivity index (χ1v) is 10.8. The molecular weight excluding hydrogens is 378 g/mol. The average Bonchev–Trinajstić information content (AvgIpc) is 2.77. The van der Waals surface area contributed by atoms with Crippen LogP contribution in [0.25, 0.3) is 0 Å². The second-order valence-electron chi connectivity index (χ2n) is 7.99. The minimum absolute atomic E-state index is 0. The van der Waals surface area contributed by atoms with Crippen molar-refractivity contribution in [3.63, 3.8) is 0 Å². The van der Waals surface area contributed by atoms with Gasteiger partial charge in [-0.25, -0.2) is 0 Å². The molecule has 2 aromatic rings. The maximum absolute atomic E-state index is 6.27. The molecular formula is C26H36ClNO. The number of benzene rings is 2. The molecule has 1 aliphatic carbocycles. The van der Waals surface area contributed by atoms with E-state index in [4.69, 9.17) is 4.74 Å². The maximum atomic E-state index is 6.27. The molecule has 3 rings (SSSR count). The predicted molar refractivity (Wildman–Crippen MR) is 126 cm³/mol. The van der Waals surface area contributed by atoms with Crippen molar-refractivity contribution in [2.75, 3.05) is 20.2 Å². The lowest BCUT2D eigenvalue weighted by Crippen LogP contribution is -2.42. The molecule has 1 atom stereocenters. The molecule has 1 N–H and O–H groups in total. The van der Waals surface area contributed by atoms with E-state index in [1.165, 1.54) is 43.2 Å². The Hall–Kier alpha value is -1.61. The van der Waals surface area contributed by atoms with Crippen LogP contribution >= 0.6 is 12.4 Å². The fourth-order valence-electron chi connectivity index (χ4n) is 4.59. The van der Waals surface area contributed by atoms with Gasteiger partial charge >= 0.3 is 0 Å². The Kier molecular flexibility index (Phi) is 9.93. The van der Waals surface area contributed by atoms with Gasteiger partial charge in [-0.15, -0.1) is 12.4 Å². The molecule has 29 heavy (non-hydrogen) atoms. The molecule has 0 spiro atoms. The van der Waals surface area contributed by atoms with Gasteiger partial charge < -0.3 is 10.1 Å². The molecule has 0 saturated heterocycles. The summed E-state index contributed by atoms with van der Waals surface area (Å²) in [6.07, 6.45) is 10.4. The first-order valence-electron chi connectivity index (χ1n) is 10.8. The third-order valence-corrected chi connectivity index (χ3v) is 6.12. The van der Waals surface area contributed by atoms with Crippen LogP contribution < -0.4 is 5.32 Å². The zero-order chi connectivity index (χ0) is 19.7. The van der Waals surface area contributed by atoms with Crippen LogP contribution in [0.1, 0.15) is 56.6 Å². The number of hydrogen-bond donors (Lipinski definition) is 1. The summed E-state index contributed by atoms with van der Waals surface area (Å²) in [7, 11) is 1.84. The predicted octanol–water partition coefficient (Wildman–Crippen LogP) is 6.50. The van der Waals surface area contributed by atoms with E-state index in [0.717, 1.165) is 19.5 Å². The third kappa shape index (κ3) is 5.94. The van der Waals surface area contributed by atoms with Gasteiger partial charge in [0.25, 0.3) is 0 Å². The van der Waals surface area contributed by atoms with E-state index in [1.54, 1.807) is 5.57 Å². The van der Waals surface area contributed by atoms with Crippen LogP contribution in [0.2, 0.25) is 0 Å². The summed E-state index contributed by atoms with van der Waals surface area (Å²) in [6.45, 7) is 4.23. The number of allylic oxidation sites excluding steroid dienone is 1. The van der Waals surface area contributed by atoms with Crippen molar-refractivity contribution in [3.05, 3.63) is 83.4 Å². The zero-order valence-electron chi connectivity index (χ0n) is 17.9. The summed E-state index contributed by atoms with van der Waals surface area (Å²) in [5.74, 6) is 0.296. The normalized spacial score (nSPS) is 15.4. The van der Waals surface area contributed by atoms with Gasteiger partial charge in [0.2, 0.25) is 0 Å². The van der Waals surface area contributed by atoms with Crippen molar-refractivity contribution < 1.29 is 4.74 Å². The molecule has 158 valence electrons. The van der Waals surface area contributed by atoms with Crippen LogP contribution in [-0.2, 0) is 10.3 Å². The Bertz CT molecular complexity index is 681. The molecule has 2 nitrogen and oxygen atoms in total. The second kappa shape index (κ2) is 12.2. The Labute approximate surface area is 183 Å². The number of rotatable bonds is 9. The highest BCUT2D eigenvalue weighted by Gasteiger charge is 2.39. The summed E-state index contributed by atoms with van der Waals surface area (Å²) in [4.78, 5) is 0. The molecule has 0 aliphatic heterocycles. The largest absolute Gasteiger partial charge is 0.368 e. The smallest absolute Gasteiger partial charge is 0.121 e. The van der Waals surface area contributed by atoms with Crippen molar-refractivity contribution in [3.8, 4) is 0 Å². The highest BCUT2D eigenvalue weighted by atomic mass is 35.5. The lowest BCUT2D eigenvalue weighted by atomic mass is 9.76. The lowest BCUT2D eigenvalue weighted by Gasteiger charge is -2.39. The molecule has 0 aromatic heterocycles. The molecule has 1 fully saturated rings. The van der Waals surface area contributed by atoms with Gasteiger partial charge in [0.05, 0.1) is 0 Å². The van der Waals surface area contributed by atoms with Gasteiger partial charge in [-0.2, -0.15) is 0 Å². The van der Waals surface area contributed by atoms with E-state index in [0.29, 0.717) is 5.92 Å². The molecule has 0 bridgehead atoms. The van der Waals surface area contributed by atoms with Crippen molar-refractivity contribution in [1.29, 1.82) is 0 Å². The highest BCUT2D eigenvalue weighted by molar-refractivity contribution is 5.85. The van der Waals surface area contributed by atoms with E-state index in [9.17, 15) is 0 Å². The fraction of sp³-hybridized carbons (Fsp3) is 0.462. The minimum Gasteiger partial charge on any atom is -0.368 e. The van der Waals surface area contributed by atoms with E-state index in [-0.39, 0.29) is 12.4 Å². The molecule has 2 aromatic carbocycles. The van der Waals surface area contributed by atoms with Crippen molar-refractivity contribution in [2.45, 2.75) is 51.0 Å². The van der Waals surface area contributed by atoms with Gasteiger partial charge in [0.1, 0.15) is 5.60 Å².